The van der Waals surface area contributed by atoms with Crippen molar-refractivity contribution < 1.29 is 4.79 Å². The highest BCUT2D eigenvalue weighted by atomic mass is 16.1. The average Bonchev–Trinajstić information content (AvgIpc) is 2.62. The van der Waals surface area contributed by atoms with Gasteiger partial charge in [-0.25, -0.2) is 9.97 Å². The van der Waals surface area contributed by atoms with E-state index in [9.17, 15) is 4.79 Å². The Bertz CT molecular complexity index is 631. The maximum atomic E-state index is 12.3. The quantitative estimate of drug-likeness (QED) is 0.799. The summed E-state index contributed by atoms with van der Waals surface area (Å²) in [6, 6.07) is 7.86. The molecule has 0 aliphatic rings. The van der Waals surface area contributed by atoms with E-state index in [0.29, 0.717) is 11.5 Å². The van der Waals surface area contributed by atoms with E-state index in [1.807, 2.05) is 24.3 Å². The maximum absolute atomic E-state index is 12.3. The number of benzene rings is 1. The number of aromatic nitrogens is 2. The van der Waals surface area contributed by atoms with Crippen LogP contribution < -0.4 is 10.2 Å². The van der Waals surface area contributed by atoms with Gasteiger partial charge in [0.05, 0.1) is 5.56 Å². The van der Waals surface area contributed by atoms with Gasteiger partial charge in [0, 0.05) is 31.2 Å². The van der Waals surface area contributed by atoms with E-state index in [1.54, 1.807) is 12.4 Å². The molecule has 24 heavy (non-hydrogen) atoms. The molecule has 2 aromatic rings. The molecule has 0 bridgehead atoms. The highest BCUT2D eigenvalue weighted by molar-refractivity contribution is 6.03. The predicted octanol–water partition coefficient (Wildman–Crippen LogP) is 3.92. The van der Waals surface area contributed by atoms with Crippen LogP contribution in [0.2, 0.25) is 0 Å². The van der Waals surface area contributed by atoms with Crippen molar-refractivity contribution in [1.29, 1.82) is 0 Å². The molecular formula is C19H26N4O. The van der Waals surface area contributed by atoms with Crippen LogP contribution in [0.4, 0.5) is 11.6 Å². The number of carbonyl (C=O) groups is 1. The van der Waals surface area contributed by atoms with Crippen molar-refractivity contribution in [2.24, 2.45) is 0 Å². The SMILES string of the molecule is CCCN(CCC)c1ncc(C(=O)Nc2ccc(CC)cc2)cn1. The van der Waals surface area contributed by atoms with Crippen LogP contribution in [0.1, 0.15) is 49.5 Å². The molecule has 0 aliphatic heterocycles. The highest BCUT2D eigenvalue weighted by Gasteiger charge is 2.11. The monoisotopic (exact) mass is 326 g/mol. The fourth-order valence-electron chi connectivity index (χ4n) is 2.48. The molecular weight excluding hydrogens is 300 g/mol. The van der Waals surface area contributed by atoms with Crippen LogP contribution in [0.5, 0.6) is 0 Å². The summed E-state index contributed by atoms with van der Waals surface area (Å²) in [4.78, 5) is 23.2. The zero-order valence-corrected chi connectivity index (χ0v) is 14.7. The first kappa shape index (κ1) is 17.9. The van der Waals surface area contributed by atoms with Gasteiger partial charge in [-0.2, -0.15) is 0 Å². The van der Waals surface area contributed by atoms with E-state index in [-0.39, 0.29) is 5.91 Å². The van der Waals surface area contributed by atoms with Gasteiger partial charge in [0.25, 0.3) is 5.91 Å². The summed E-state index contributed by atoms with van der Waals surface area (Å²) in [6.45, 7) is 8.21. The Morgan fingerprint density at radius 3 is 2.08 bits per heavy atom. The molecule has 0 unspecified atom stereocenters. The zero-order chi connectivity index (χ0) is 17.4. The molecule has 0 spiro atoms. The van der Waals surface area contributed by atoms with Crippen LogP contribution in [0.25, 0.3) is 0 Å². The summed E-state index contributed by atoms with van der Waals surface area (Å²) in [6.07, 6.45) is 6.25. The fourth-order valence-corrected chi connectivity index (χ4v) is 2.48. The number of hydrogen-bond acceptors (Lipinski definition) is 4. The summed E-state index contributed by atoms with van der Waals surface area (Å²) in [5.41, 5.74) is 2.48. The van der Waals surface area contributed by atoms with E-state index < -0.39 is 0 Å². The predicted molar refractivity (Wildman–Crippen MR) is 98.6 cm³/mol. The minimum atomic E-state index is -0.191. The van der Waals surface area contributed by atoms with E-state index in [2.05, 4.69) is 41.0 Å². The summed E-state index contributed by atoms with van der Waals surface area (Å²) < 4.78 is 0. The van der Waals surface area contributed by atoms with Crippen molar-refractivity contribution in [1.82, 2.24) is 9.97 Å². The standard InChI is InChI=1S/C19H26N4O/c1-4-11-23(12-5-2)19-20-13-16(14-21-19)18(24)22-17-9-7-15(6-3)8-10-17/h7-10,13-14H,4-6,11-12H2,1-3H3,(H,22,24). The molecule has 0 atom stereocenters. The van der Waals surface area contributed by atoms with Crippen LogP contribution >= 0.6 is 0 Å². The number of nitrogens with zero attached hydrogens (tertiary/aromatic N) is 3. The lowest BCUT2D eigenvalue weighted by Gasteiger charge is -2.21. The van der Waals surface area contributed by atoms with Crippen LogP contribution in [-0.4, -0.2) is 29.0 Å². The molecule has 128 valence electrons. The number of rotatable bonds is 8. The largest absolute Gasteiger partial charge is 0.341 e. The number of carbonyl (C=O) groups excluding carboxylic acids is 1. The summed E-state index contributed by atoms with van der Waals surface area (Å²) in [5.74, 6) is 0.492. The molecule has 1 N–H and O–H groups in total. The lowest BCUT2D eigenvalue weighted by Crippen LogP contribution is -2.27. The number of aryl methyl sites for hydroxylation is 1. The molecule has 0 saturated heterocycles. The Morgan fingerprint density at radius 2 is 1.58 bits per heavy atom. The van der Waals surface area contributed by atoms with E-state index in [1.165, 1.54) is 5.56 Å². The van der Waals surface area contributed by atoms with E-state index in [4.69, 9.17) is 0 Å². The van der Waals surface area contributed by atoms with Gasteiger partial charge in [-0.3, -0.25) is 4.79 Å². The van der Waals surface area contributed by atoms with Crippen LogP contribution in [0, 0.1) is 0 Å². The molecule has 0 radical (unpaired) electrons. The second-order valence-corrected chi connectivity index (χ2v) is 5.76. The third-order valence-electron chi connectivity index (χ3n) is 3.79. The first-order chi connectivity index (χ1) is 11.7. The smallest absolute Gasteiger partial charge is 0.258 e. The van der Waals surface area contributed by atoms with Gasteiger partial charge in [-0.05, 0) is 37.0 Å². The van der Waals surface area contributed by atoms with Gasteiger partial charge in [-0.1, -0.05) is 32.9 Å². The van der Waals surface area contributed by atoms with Gasteiger partial charge in [-0.15, -0.1) is 0 Å². The zero-order valence-electron chi connectivity index (χ0n) is 14.7. The third-order valence-corrected chi connectivity index (χ3v) is 3.79. The van der Waals surface area contributed by atoms with Crippen molar-refractivity contribution in [3.8, 4) is 0 Å². The lowest BCUT2D eigenvalue weighted by molar-refractivity contribution is 0.102. The molecule has 2 rings (SSSR count). The lowest BCUT2D eigenvalue weighted by atomic mass is 10.1. The Hall–Kier alpha value is -2.43. The Balaban J connectivity index is 2.04. The molecule has 5 nitrogen and oxygen atoms in total. The summed E-state index contributed by atoms with van der Waals surface area (Å²) in [5, 5.41) is 2.88. The first-order valence-electron chi connectivity index (χ1n) is 8.65. The fraction of sp³-hybridized carbons (Fsp3) is 0.421. The Kier molecular flexibility index (Phi) is 6.73. The number of nitrogens with one attached hydrogen (secondary N) is 1. The van der Waals surface area contributed by atoms with Crippen LogP contribution in [0.3, 0.4) is 0 Å². The number of anilines is 2. The molecule has 0 aliphatic carbocycles. The van der Waals surface area contributed by atoms with E-state index >= 15 is 0 Å². The van der Waals surface area contributed by atoms with Crippen molar-refractivity contribution in [3.63, 3.8) is 0 Å². The highest BCUT2D eigenvalue weighted by Crippen LogP contribution is 2.13. The van der Waals surface area contributed by atoms with Gasteiger partial charge < -0.3 is 10.2 Å². The summed E-state index contributed by atoms with van der Waals surface area (Å²) >= 11 is 0. The summed E-state index contributed by atoms with van der Waals surface area (Å²) in [7, 11) is 0. The van der Waals surface area contributed by atoms with Crippen molar-refractivity contribution in [2.75, 3.05) is 23.3 Å². The molecule has 5 heteroatoms. The van der Waals surface area contributed by atoms with Crippen molar-refractivity contribution in [3.05, 3.63) is 47.8 Å². The number of hydrogen-bond donors (Lipinski definition) is 1. The van der Waals surface area contributed by atoms with Gasteiger partial charge in [0.1, 0.15) is 0 Å². The third kappa shape index (κ3) is 4.78. The van der Waals surface area contributed by atoms with Gasteiger partial charge in [0.15, 0.2) is 0 Å². The minimum absolute atomic E-state index is 0.191. The van der Waals surface area contributed by atoms with Crippen molar-refractivity contribution >= 4 is 17.5 Å². The molecule has 1 amide bonds. The topological polar surface area (TPSA) is 58.1 Å². The molecule has 1 heterocycles. The van der Waals surface area contributed by atoms with Crippen LogP contribution in [-0.2, 0) is 6.42 Å². The van der Waals surface area contributed by atoms with Gasteiger partial charge >= 0.3 is 0 Å². The average molecular weight is 326 g/mol. The molecule has 1 aromatic carbocycles. The van der Waals surface area contributed by atoms with E-state index in [0.717, 1.165) is 38.0 Å². The second kappa shape index (κ2) is 9.01. The molecule has 0 fully saturated rings. The maximum Gasteiger partial charge on any atom is 0.258 e. The molecule has 1 aromatic heterocycles. The Labute approximate surface area is 144 Å². The minimum Gasteiger partial charge on any atom is -0.341 e. The number of amides is 1. The van der Waals surface area contributed by atoms with Crippen molar-refractivity contribution in [2.45, 2.75) is 40.0 Å². The second-order valence-electron chi connectivity index (χ2n) is 5.76. The normalized spacial score (nSPS) is 10.5. The first-order valence-corrected chi connectivity index (χ1v) is 8.65. The molecule has 0 saturated carbocycles. The van der Waals surface area contributed by atoms with Crippen LogP contribution in [0.15, 0.2) is 36.7 Å². The Morgan fingerprint density at radius 1 is 1.00 bits per heavy atom. The van der Waals surface area contributed by atoms with Gasteiger partial charge in [0.2, 0.25) is 5.95 Å².